The molecule has 4 aromatic carbocycles. The molecule has 2 heterocycles. The summed E-state index contributed by atoms with van der Waals surface area (Å²) in [4.78, 5) is 16.1. The standard InChI is InChI=1S/C34H29BrFN5O3S2/c1-41(14-15-46(42,43)27-8-3-2-4-9-27)19-33-40-31(21-45-33)24-10-12-30-28(17-24)34(38-22-37-30)39-26-11-13-32(29(35)18-26)44-20-23-6-5-7-25(36)16-23/h2-13,16-18,21-22H,14-15,19-20H2,1H3,(H,37,38,39). The van der Waals surface area contributed by atoms with Crippen molar-refractivity contribution in [3.8, 4) is 17.0 Å². The highest BCUT2D eigenvalue weighted by atomic mass is 79.9. The molecule has 0 aliphatic heterocycles. The van der Waals surface area contributed by atoms with Crippen molar-refractivity contribution in [3.05, 3.63) is 124 Å². The minimum Gasteiger partial charge on any atom is -0.488 e. The second kappa shape index (κ2) is 14.0. The summed E-state index contributed by atoms with van der Waals surface area (Å²) in [5, 5.41) is 7.11. The van der Waals surface area contributed by atoms with E-state index < -0.39 is 9.84 Å². The normalized spacial score (nSPS) is 11.7. The molecule has 0 atom stereocenters. The van der Waals surface area contributed by atoms with E-state index in [2.05, 4.69) is 31.2 Å². The van der Waals surface area contributed by atoms with Crippen LogP contribution < -0.4 is 10.1 Å². The number of nitrogens with one attached hydrogen (secondary N) is 1. The fraction of sp³-hybridized carbons (Fsp3) is 0.147. The molecule has 0 spiro atoms. The summed E-state index contributed by atoms with van der Waals surface area (Å²) >= 11 is 5.11. The van der Waals surface area contributed by atoms with Crippen molar-refractivity contribution in [1.29, 1.82) is 0 Å². The van der Waals surface area contributed by atoms with Crippen LogP contribution >= 0.6 is 27.3 Å². The molecule has 2 aromatic heterocycles. The molecule has 0 saturated carbocycles. The third-order valence-electron chi connectivity index (χ3n) is 7.21. The molecule has 1 N–H and O–H groups in total. The highest BCUT2D eigenvalue weighted by Gasteiger charge is 2.16. The molecule has 0 unspecified atom stereocenters. The smallest absolute Gasteiger partial charge is 0.179 e. The number of aromatic nitrogens is 3. The van der Waals surface area contributed by atoms with E-state index in [1.807, 2.05) is 59.8 Å². The monoisotopic (exact) mass is 717 g/mol. The van der Waals surface area contributed by atoms with Crippen LogP contribution in [0.2, 0.25) is 0 Å². The number of hydrogen-bond donors (Lipinski definition) is 1. The van der Waals surface area contributed by atoms with Crippen LogP contribution in [0, 0.1) is 5.82 Å². The van der Waals surface area contributed by atoms with E-state index in [9.17, 15) is 12.8 Å². The molecule has 0 radical (unpaired) electrons. The number of nitrogens with zero attached hydrogens (tertiary/aromatic N) is 4. The van der Waals surface area contributed by atoms with Gasteiger partial charge in [0, 0.05) is 28.6 Å². The van der Waals surface area contributed by atoms with Gasteiger partial charge in [-0.1, -0.05) is 36.4 Å². The lowest BCUT2D eigenvalue weighted by molar-refractivity contribution is 0.303. The topological polar surface area (TPSA) is 97.3 Å². The fourth-order valence-corrected chi connectivity index (χ4v) is 7.52. The lowest BCUT2D eigenvalue weighted by Gasteiger charge is -2.15. The van der Waals surface area contributed by atoms with Crippen molar-refractivity contribution >= 4 is 59.5 Å². The van der Waals surface area contributed by atoms with Crippen LogP contribution in [-0.2, 0) is 23.0 Å². The van der Waals surface area contributed by atoms with Crippen LogP contribution in [-0.4, -0.2) is 47.6 Å². The second-order valence-electron chi connectivity index (χ2n) is 10.6. The van der Waals surface area contributed by atoms with Gasteiger partial charge in [-0.05, 0) is 83.1 Å². The Hall–Kier alpha value is -4.23. The van der Waals surface area contributed by atoms with Gasteiger partial charge in [-0.3, -0.25) is 4.90 Å². The fourth-order valence-electron chi connectivity index (χ4n) is 4.78. The number of benzene rings is 4. The van der Waals surface area contributed by atoms with Crippen molar-refractivity contribution < 1.29 is 17.5 Å². The second-order valence-corrected chi connectivity index (χ2v) is 14.5. The molecule has 8 nitrogen and oxygen atoms in total. The molecular formula is C34H29BrFN5O3S2. The molecule has 6 aromatic rings. The molecule has 0 saturated heterocycles. The Labute approximate surface area is 279 Å². The Balaban J connectivity index is 1.13. The van der Waals surface area contributed by atoms with Crippen molar-refractivity contribution in [2.45, 2.75) is 18.0 Å². The number of thiazole rings is 1. The predicted octanol–water partition coefficient (Wildman–Crippen LogP) is 7.88. The number of fused-ring (bicyclic) bond motifs is 1. The number of ether oxygens (including phenoxy) is 1. The van der Waals surface area contributed by atoms with Gasteiger partial charge in [-0.25, -0.2) is 27.8 Å². The highest BCUT2D eigenvalue weighted by molar-refractivity contribution is 9.10. The lowest BCUT2D eigenvalue weighted by atomic mass is 10.1. The van der Waals surface area contributed by atoms with Crippen molar-refractivity contribution in [2.75, 3.05) is 24.7 Å². The molecule has 46 heavy (non-hydrogen) atoms. The van der Waals surface area contributed by atoms with E-state index >= 15 is 0 Å². The van der Waals surface area contributed by atoms with Crippen LogP contribution in [0.4, 0.5) is 15.9 Å². The molecule has 12 heteroatoms. The number of hydrogen-bond acceptors (Lipinski definition) is 9. The van der Waals surface area contributed by atoms with Crippen LogP contribution in [0.5, 0.6) is 5.75 Å². The van der Waals surface area contributed by atoms with E-state index in [1.54, 1.807) is 36.4 Å². The zero-order valence-corrected chi connectivity index (χ0v) is 27.9. The van der Waals surface area contributed by atoms with Crippen molar-refractivity contribution in [1.82, 2.24) is 19.9 Å². The van der Waals surface area contributed by atoms with Crippen LogP contribution in [0.3, 0.4) is 0 Å². The van der Waals surface area contributed by atoms with Gasteiger partial charge in [0.05, 0.1) is 32.9 Å². The van der Waals surface area contributed by atoms with Crippen LogP contribution in [0.15, 0.2) is 112 Å². The summed E-state index contributed by atoms with van der Waals surface area (Å²) in [5.41, 5.74) is 4.06. The predicted molar refractivity (Wildman–Crippen MR) is 184 cm³/mol. The third-order valence-corrected chi connectivity index (χ3v) is 10.4. The third kappa shape index (κ3) is 7.76. The molecule has 234 valence electrons. The Morgan fingerprint density at radius 2 is 1.83 bits per heavy atom. The Morgan fingerprint density at radius 3 is 2.63 bits per heavy atom. The van der Waals surface area contributed by atoms with Gasteiger partial charge in [0.25, 0.3) is 0 Å². The van der Waals surface area contributed by atoms with Gasteiger partial charge in [0.15, 0.2) is 9.84 Å². The minimum absolute atomic E-state index is 0.0352. The zero-order chi connectivity index (χ0) is 32.1. The first-order valence-electron chi connectivity index (χ1n) is 14.3. The highest BCUT2D eigenvalue weighted by Crippen LogP contribution is 2.33. The first-order chi connectivity index (χ1) is 22.2. The van der Waals surface area contributed by atoms with Gasteiger partial charge >= 0.3 is 0 Å². The summed E-state index contributed by atoms with van der Waals surface area (Å²) in [6.07, 6.45) is 1.52. The largest absolute Gasteiger partial charge is 0.488 e. The van der Waals surface area contributed by atoms with Gasteiger partial charge in [-0.15, -0.1) is 11.3 Å². The summed E-state index contributed by atoms with van der Waals surface area (Å²) in [7, 11) is -1.45. The maximum atomic E-state index is 13.5. The molecule has 0 aliphatic carbocycles. The Kier molecular flexibility index (Phi) is 9.69. The SMILES string of the molecule is CN(CCS(=O)(=O)c1ccccc1)Cc1nc(-c2ccc3ncnc(Nc4ccc(OCc5cccc(F)c5)c(Br)c4)c3c2)cs1. The van der Waals surface area contributed by atoms with E-state index in [1.165, 1.54) is 29.8 Å². The molecule has 6 rings (SSSR count). The molecular weight excluding hydrogens is 689 g/mol. The summed E-state index contributed by atoms with van der Waals surface area (Å²) < 4.78 is 45.5. The average Bonchev–Trinajstić information content (AvgIpc) is 3.52. The Morgan fingerprint density at radius 1 is 0.978 bits per heavy atom. The van der Waals surface area contributed by atoms with Gasteiger partial charge in [0.1, 0.15) is 35.3 Å². The maximum absolute atomic E-state index is 13.5. The summed E-state index contributed by atoms with van der Waals surface area (Å²) in [6, 6.07) is 26.4. The van der Waals surface area contributed by atoms with Crippen LogP contribution in [0.25, 0.3) is 22.2 Å². The van der Waals surface area contributed by atoms with Crippen molar-refractivity contribution in [2.24, 2.45) is 0 Å². The maximum Gasteiger partial charge on any atom is 0.179 e. The van der Waals surface area contributed by atoms with E-state index in [0.29, 0.717) is 29.6 Å². The van der Waals surface area contributed by atoms with Crippen molar-refractivity contribution in [3.63, 3.8) is 0 Å². The number of halogens is 2. The molecule has 0 fully saturated rings. The summed E-state index contributed by atoms with van der Waals surface area (Å²) in [6.45, 7) is 1.17. The van der Waals surface area contributed by atoms with Crippen LogP contribution in [0.1, 0.15) is 10.6 Å². The molecule has 0 bridgehead atoms. The van der Waals surface area contributed by atoms with E-state index in [0.717, 1.165) is 42.9 Å². The first kappa shape index (κ1) is 31.7. The minimum atomic E-state index is -3.35. The summed E-state index contributed by atoms with van der Waals surface area (Å²) in [5.74, 6) is 1.01. The van der Waals surface area contributed by atoms with Gasteiger partial charge < -0.3 is 10.1 Å². The average molecular weight is 719 g/mol. The quantitative estimate of drug-likeness (QED) is 0.137. The van der Waals surface area contributed by atoms with E-state index in [-0.39, 0.29) is 18.2 Å². The van der Waals surface area contributed by atoms with Gasteiger partial charge in [0.2, 0.25) is 0 Å². The lowest BCUT2D eigenvalue weighted by Crippen LogP contribution is -2.25. The number of rotatable bonds is 12. The first-order valence-corrected chi connectivity index (χ1v) is 17.7. The van der Waals surface area contributed by atoms with Gasteiger partial charge in [-0.2, -0.15) is 0 Å². The number of anilines is 2. The van der Waals surface area contributed by atoms with E-state index in [4.69, 9.17) is 9.72 Å². The number of sulfone groups is 1. The zero-order valence-electron chi connectivity index (χ0n) is 24.7. The molecule has 0 aliphatic rings. The molecule has 0 amide bonds. The Bertz CT molecular complexity index is 2090.